The van der Waals surface area contributed by atoms with Gasteiger partial charge in [-0.15, -0.1) is 0 Å². The highest BCUT2D eigenvalue weighted by molar-refractivity contribution is 7.89. The monoisotopic (exact) mass is 260 g/mol. The predicted octanol–water partition coefficient (Wildman–Crippen LogP) is 0.00450. The van der Waals surface area contributed by atoms with Crippen LogP contribution < -0.4 is 10.0 Å². The van der Waals surface area contributed by atoms with E-state index in [1.807, 2.05) is 0 Å². The quantitative estimate of drug-likeness (QED) is 0.683. The zero-order valence-corrected chi connectivity index (χ0v) is 10.8. The van der Waals surface area contributed by atoms with Crippen LogP contribution in [0.15, 0.2) is 11.6 Å². The van der Waals surface area contributed by atoms with Crippen molar-refractivity contribution in [3.63, 3.8) is 0 Å². The SMILES string of the molecule is O=S(=O)(CC1CCCO1)NCC1=CCNCC1. The molecule has 6 heteroatoms. The van der Waals surface area contributed by atoms with Gasteiger partial charge in [0.05, 0.1) is 11.9 Å². The summed E-state index contributed by atoms with van der Waals surface area (Å²) in [5.41, 5.74) is 1.17. The van der Waals surface area contributed by atoms with E-state index in [1.165, 1.54) is 5.57 Å². The highest BCUT2D eigenvalue weighted by Gasteiger charge is 2.23. The number of rotatable bonds is 5. The summed E-state index contributed by atoms with van der Waals surface area (Å²) < 4.78 is 31.6. The fourth-order valence-electron chi connectivity index (χ4n) is 2.11. The van der Waals surface area contributed by atoms with Gasteiger partial charge in [0, 0.05) is 19.7 Å². The first-order valence-corrected chi connectivity index (χ1v) is 7.78. The maximum absolute atomic E-state index is 11.8. The second kappa shape index (κ2) is 5.95. The lowest BCUT2D eigenvalue weighted by Gasteiger charge is -2.16. The van der Waals surface area contributed by atoms with Crippen LogP contribution in [0.3, 0.4) is 0 Å². The Balaban J connectivity index is 1.78. The lowest BCUT2D eigenvalue weighted by molar-refractivity contribution is 0.127. The number of hydrogen-bond acceptors (Lipinski definition) is 4. The summed E-state index contributed by atoms with van der Waals surface area (Å²) in [4.78, 5) is 0. The highest BCUT2D eigenvalue weighted by Crippen LogP contribution is 2.13. The third kappa shape index (κ3) is 4.39. The topological polar surface area (TPSA) is 67.4 Å². The normalized spacial score (nSPS) is 25.9. The molecule has 5 nitrogen and oxygen atoms in total. The van der Waals surface area contributed by atoms with Gasteiger partial charge in [-0.25, -0.2) is 13.1 Å². The molecule has 2 aliphatic heterocycles. The average Bonchev–Trinajstić information content (AvgIpc) is 2.80. The minimum absolute atomic E-state index is 0.0958. The van der Waals surface area contributed by atoms with Crippen LogP contribution in [-0.4, -0.2) is 46.5 Å². The molecule has 98 valence electrons. The van der Waals surface area contributed by atoms with E-state index in [4.69, 9.17) is 4.74 Å². The molecule has 2 aliphatic rings. The molecule has 0 bridgehead atoms. The maximum Gasteiger partial charge on any atom is 0.214 e. The van der Waals surface area contributed by atoms with Gasteiger partial charge in [0.25, 0.3) is 0 Å². The van der Waals surface area contributed by atoms with Gasteiger partial charge in [-0.05, 0) is 25.8 Å². The third-order valence-corrected chi connectivity index (χ3v) is 4.50. The molecule has 0 amide bonds. The Morgan fingerprint density at radius 3 is 3.06 bits per heavy atom. The fraction of sp³-hybridized carbons (Fsp3) is 0.818. The van der Waals surface area contributed by atoms with Gasteiger partial charge >= 0.3 is 0 Å². The maximum atomic E-state index is 11.8. The molecular formula is C11H20N2O3S. The predicted molar refractivity (Wildman–Crippen MR) is 66.3 cm³/mol. The summed E-state index contributed by atoms with van der Waals surface area (Å²) in [6.45, 7) is 2.90. The van der Waals surface area contributed by atoms with Crippen molar-refractivity contribution in [2.75, 3.05) is 32.0 Å². The summed E-state index contributed by atoms with van der Waals surface area (Å²) in [7, 11) is -3.20. The van der Waals surface area contributed by atoms with Crippen LogP contribution in [0.4, 0.5) is 0 Å². The minimum atomic E-state index is -3.20. The van der Waals surface area contributed by atoms with Gasteiger partial charge < -0.3 is 10.1 Å². The number of sulfonamides is 1. The molecule has 2 rings (SSSR count). The van der Waals surface area contributed by atoms with Crippen molar-refractivity contribution in [2.24, 2.45) is 0 Å². The van der Waals surface area contributed by atoms with E-state index in [9.17, 15) is 8.42 Å². The molecule has 1 atom stereocenters. The van der Waals surface area contributed by atoms with Gasteiger partial charge in [-0.1, -0.05) is 11.6 Å². The smallest absolute Gasteiger partial charge is 0.214 e. The number of nitrogens with one attached hydrogen (secondary N) is 2. The largest absolute Gasteiger partial charge is 0.377 e. The summed E-state index contributed by atoms with van der Waals surface area (Å²) in [5, 5.41) is 3.20. The number of ether oxygens (including phenoxy) is 1. The van der Waals surface area contributed by atoms with Crippen LogP contribution >= 0.6 is 0 Å². The van der Waals surface area contributed by atoms with E-state index < -0.39 is 10.0 Å². The molecule has 1 unspecified atom stereocenters. The molecule has 0 radical (unpaired) electrons. The van der Waals surface area contributed by atoms with Gasteiger partial charge in [0.15, 0.2) is 0 Å². The van der Waals surface area contributed by atoms with Crippen LogP contribution in [0.2, 0.25) is 0 Å². The molecule has 2 N–H and O–H groups in total. The Morgan fingerprint density at radius 1 is 1.53 bits per heavy atom. The van der Waals surface area contributed by atoms with E-state index in [0.717, 1.165) is 32.4 Å². The van der Waals surface area contributed by atoms with Crippen molar-refractivity contribution in [2.45, 2.75) is 25.4 Å². The first-order chi connectivity index (χ1) is 8.16. The first kappa shape index (κ1) is 13.0. The second-order valence-corrected chi connectivity index (χ2v) is 6.41. The first-order valence-electron chi connectivity index (χ1n) is 6.13. The van der Waals surface area contributed by atoms with Crippen molar-refractivity contribution in [1.29, 1.82) is 0 Å². The minimum Gasteiger partial charge on any atom is -0.377 e. The molecule has 0 saturated carbocycles. The molecular weight excluding hydrogens is 240 g/mol. The average molecular weight is 260 g/mol. The van der Waals surface area contributed by atoms with E-state index >= 15 is 0 Å². The summed E-state index contributed by atoms with van der Waals surface area (Å²) in [6.07, 6.45) is 4.68. The Labute approximate surface area is 103 Å². The van der Waals surface area contributed by atoms with Gasteiger partial charge in [0.1, 0.15) is 0 Å². The second-order valence-electron chi connectivity index (χ2n) is 4.55. The van der Waals surface area contributed by atoms with Gasteiger partial charge in [-0.2, -0.15) is 0 Å². The molecule has 0 aromatic carbocycles. The highest BCUT2D eigenvalue weighted by atomic mass is 32.2. The van der Waals surface area contributed by atoms with Crippen molar-refractivity contribution in [1.82, 2.24) is 10.0 Å². The lowest BCUT2D eigenvalue weighted by Crippen LogP contribution is -2.34. The molecule has 2 heterocycles. The van der Waals surface area contributed by atoms with Crippen molar-refractivity contribution in [3.05, 3.63) is 11.6 Å². The Morgan fingerprint density at radius 2 is 2.41 bits per heavy atom. The zero-order valence-electron chi connectivity index (χ0n) is 9.94. The van der Waals surface area contributed by atoms with Crippen LogP contribution in [-0.2, 0) is 14.8 Å². The van der Waals surface area contributed by atoms with Crippen LogP contribution in [0.25, 0.3) is 0 Å². The van der Waals surface area contributed by atoms with Gasteiger partial charge in [-0.3, -0.25) is 0 Å². The van der Waals surface area contributed by atoms with E-state index in [1.54, 1.807) is 0 Å². The number of hydrogen-bond donors (Lipinski definition) is 2. The zero-order chi connectivity index (χ0) is 12.1. The molecule has 0 aromatic heterocycles. The van der Waals surface area contributed by atoms with Crippen molar-refractivity contribution in [3.8, 4) is 0 Å². The van der Waals surface area contributed by atoms with Gasteiger partial charge in [0.2, 0.25) is 10.0 Å². The van der Waals surface area contributed by atoms with Crippen LogP contribution in [0, 0.1) is 0 Å². The Bertz CT molecular complexity index is 372. The third-order valence-electron chi connectivity index (χ3n) is 3.11. The standard InChI is InChI=1S/C11H20N2O3S/c14-17(15,9-11-2-1-7-16-11)13-8-10-3-5-12-6-4-10/h3,11-13H,1-2,4-9H2. The Hall–Kier alpha value is -0.430. The van der Waals surface area contributed by atoms with E-state index in [2.05, 4.69) is 16.1 Å². The fourth-order valence-corrected chi connectivity index (χ4v) is 3.39. The molecule has 1 saturated heterocycles. The van der Waals surface area contributed by atoms with Crippen molar-refractivity contribution >= 4 is 10.0 Å². The molecule has 0 aliphatic carbocycles. The summed E-state index contributed by atoms with van der Waals surface area (Å²) in [5.74, 6) is 0.0958. The van der Waals surface area contributed by atoms with Crippen LogP contribution in [0.5, 0.6) is 0 Å². The molecule has 17 heavy (non-hydrogen) atoms. The summed E-state index contributed by atoms with van der Waals surface area (Å²) >= 11 is 0. The molecule has 0 aromatic rings. The van der Waals surface area contributed by atoms with Crippen molar-refractivity contribution < 1.29 is 13.2 Å². The Kier molecular flexibility index (Phi) is 4.55. The molecule has 1 fully saturated rings. The lowest BCUT2D eigenvalue weighted by atomic mass is 10.1. The van der Waals surface area contributed by atoms with E-state index in [0.29, 0.717) is 13.2 Å². The van der Waals surface area contributed by atoms with Crippen LogP contribution in [0.1, 0.15) is 19.3 Å². The van der Waals surface area contributed by atoms with E-state index in [-0.39, 0.29) is 11.9 Å². The summed E-state index contributed by atoms with van der Waals surface area (Å²) in [6, 6.07) is 0. The molecule has 0 spiro atoms.